The molecule has 0 saturated heterocycles. The van der Waals surface area contributed by atoms with Gasteiger partial charge in [-0.25, -0.2) is 9.97 Å². The Morgan fingerprint density at radius 1 is 0.975 bits per heavy atom. The van der Waals surface area contributed by atoms with Crippen molar-refractivity contribution in [1.29, 1.82) is 0 Å². The van der Waals surface area contributed by atoms with Gasteiger partial charge < -0.3 is 15.0 Å². The lowest BCUT2D eigenvalue weighted by Crippen LogP contribution is -2.37. The molecule has 0 bridgehead atoms. The van der Waals surface area contributed by atoms with Crippen LogP contribution in [0.3, 0.4) is 0 Å². The summed E-state index contributed by atoms with van der Waals surface area (Å²) in [4.78, 5) is 29.6. The molecule has 3 aromatic carbocycles. The summed E-state index contributed by atoms with van der Waals surface area (Å²) in [7, 11) is 1.87. The standard InChI is InChI=1S/C33H31N5O2/c1-3-22-10-14-27(15-11-22)40-21-23-8-12-24(13-9-23)33(39)38-17-16-28-30(20-38)36-31(37-32(28)34-2)26-18-25-6-4-5-7-29(25)35-19-26/h4-15,18-19H,3,16-17,20-21H2,1-2H3,(H,34,36,37). The highest BCUT2D eigenvalue weighted by molar-refractivity contribution is 5.94. The summed E-state index contributed by atoms with van der Waals surface area (Å²) in [6, 6.07) is 25.9. The number of amides is 1. The van der Waals surface area contributed by atoms with E-state index in [1.807, 2.05) is 72.6 Å². The lowest BCUT2D eigenvalue weighted by Gasteiger charge is -2.29. The van der Waals surface area contributed by atoms with E-state index in [2.05, 4.69) is 35.4 Å². The van der Waals surface area contributed by atoms with Crippen molar-refractivity contribution >= 4 is 22.6 Å². The van der Waals surface area contributed by atoms with Crippen LogP contribution in [-0.4, -0.2) is 39.4 Å². The molecule has 2 aromatic heterocycles. The molecule has 0 aliphatic carbocycles. The van der Waals surface area contributed by atoms with Gasteiger partial charge in [-0.05, 0) is 60.4 Å². The summed E-state index contributed by atoms with van der Waals surface area (Å²) in [6.07, 6.45) is 3.50. The number of hydrogen-bond acceptors (Lipinski definition) is 6. The number of pyridine rings is 1. The minimum Gasteiger partial charge on any atom is -0.489 e. The number of rotatable bonds is 7. The fourth-order valence-electron chi connectivity index (χ4n) is 5.05. The van der Waals surface area contributed by atoms with Gasteiger partial charge in [0, 0.05) is 41.9 Å². The number of ether oxygens (including phenoxy) is 1. The maximum atomic E-state index is 13.4. The van der Waals surface area contributed by atoms with Crippen molar-refractivity contribution in [2.24, 2.45) is 0 Å². The second-order valence-corrected chi connectivity index (χ2v) is 9.95. The number of carbonyl (C=O) groups excluding carboxylic acids is 1. The van der Waals surface area contributed by atoms with E-state index in [0.717, 1.165) is 51.3 Å². The van der Waals surface area contributed by atoms with Crippen LogP contribution < -0.4 is 10.1 Å². The van der Waals surface area contributed by atoms with E-state index < -0.39 is 0 Å². The van der Waals surface area contributed by atoms with Crippen LogP contribution in [0.15, 0.2) is 85.1 Å². The zero-order valence-electron chi connectivity index (χ0n) is 22.7. The molecule has 7 nitrogen and oxygen atoms in total. The average Bonchev–Trinajstić information content (AvgIpc) is 3.02. The van der Waals surface area contributed by atoms with Crippen molar-refractivity contribution in [2.45, 2.75) is 32.9 Å². The summed E-state index contributed by atoms with van der Waals surface area (Å²) < 4.78 is 5.92. The molecule has 5 aromatic rings. The molecule has 0 radical (unpaired) electrons. The first-order valence-electron chi connectivity index (χ1n) is 13.6. The van der Waals surface area contributed by atoms with E-state index in [-0.39, 0.29) is 5.91 Å². The molecule has 40 heavy (non-hydrogen) atoms. The number of anilines is 1. The van der Waals surface area contributed by atoms with Crippen LogP contribution >= 0.6 is 0 Å². The molecule has 0 fully saturated rings. The lowest BCUT2D eigenvalue weighted by atomic mass is 10.0. The van der Waals surface area contributed by atoms with Gasteiger partial charge in [-0.15, -0.1) is 0 Å². The van der Waals surface area contributed by atoms with Crippen molar-refractivity contribution in [2.75, 3.05) is 18.9 Å². The molecule has 200 valence electrons. The summed E-state index contributed by atoms with van der Waals surface area (Å²) in [6.45, 7) is 3.63. The highest BCUT2D eigenvalue weighted by Gasteiger charge is 2.26. The molecule has 0 saturated carbocycles. The third-order valence-corrected chi connectivity index (χ3v) is 7.38. The van der Waals surface area contributed by atoms with Crippen LogP contribution in [0.4, 0.5) is 5.82 Å². The minimum absolute atomic E-state index is 0.00758. The first-order chi connectivity index (χ1) is 19.6. The summed E-state index contributed by atoms with van der Waals surface area (Å²) in [5.74, 6) is 2.23. The van der Waals surface area contributed by atoms with Crippen molar-refractivity contribution in [1.82, 2.24) is 19.9 Å². The molecule has 6 rings (SSSR count). The Morgan fingerprint density at radius 2 is 1.75 bits per heavy atom. The summed E-state index contributed by atoms with van der Waals surface area (Å²) in [5, 5.41) is 4.26. The SMILES string of the molecule is CCc1ccc(OCc2ccc(C(=O)N3CCc4c(nc(-c5cnc6ccccc6c5)nc4NC)C3)cc2)cc1. The van der Waals surface area contributed by atoms with Gasteiger partial charge in [0.1, 0.15) is 18.2 Å². The van der Waals surface area contributed by atoms with E-state index in [9.17, 15) is 4.79 Å². The maximum absolute atomic E-state index is 13.4. The monoisotopic (exact) mass is 529 g/mol. The van der Waals surface area contributed by atoms with Crippen LogP contribution in [-0.2, 0) is 26.0 Å². The number of aryl methyl sites for hydroxylation is 1. The van der Waals surface area contributed by atoms with E-state index in [1.54, 1.807) is 6.20 Å². The number of para-hydroxylation sites is 1. The molecule has 3 heterocycles. The fraction of sp³-hybridized carbons (Fsp3) is 0.212. The molecule has 0 unspecified atom stereocenters. The number of hydrogen-bond donors (Lipinski definition) is 1. The highest BCUT2D eigenvalue weighted by atomic mass is 16.5. The minimum atomic E-state index is -0.00758. The van der Waals surface area contributed by atoms with Gasteiger partial charge in [0.2, 0.25) is 0 Å². The number of fused-ring (bicyclic) bond motifs is 2. The molecule has 1 aliphatic rings. The van der Waals surface area contributed by atoms with Gasteiger partial charge >= 0.3 is 0 Å². The van der Waals surface area contributed by atoms with Crippen LogP contribution in [0.25, 0.3) is 22.3 Å². The Labute approximate surface area is 233 Å². The Kier molecular flexibility index (Phi) is 7.10. The molecular weight excluding hydrogens is 498 g/mol. The molecule has 7 heteroatoms. The zero-order valence-corrected chi connectivity index (χ0v) is 22.7. The predicted molar refractivity (Wildman–Crippen MR) is 157 cm³/mol. The number of aromatic nitrogens is 3. The largest absolute Gasteiger partial charge is 0.489 e. The quantitative estimate of drug-likeness (QED) is 0.276. The maximum Gasteiger partial charge on any atom is 0.254 e. The zero-order chi connectivity index (χ0) is 27.5. The van der Waals surface area contributed by atoms with Crippen molar-refractivity contribution in [3.05, 3.63) is 113 Å². The summed E-state index contributed by atoms with van der Waals surface area (Å²) in [5.41, 5.74) is 6.65. The van der Waals surface area contributed by atoms with Crippen LogP contribution in [0.5, 0.6) is 5.75 Å². The Hall–Kier alpha value is -4.78. The second kappa shape index (κ2) is 11.1. The third-order valence-electron chi connectivity index (χ3n) is 7.38. The fourth-order valence-corrected chi connectivity index (χ4v) is 5.05. The number of carbonyl (C=O) groups is 1. The Morgan fingerprint density at radius 3 is 2.52 bits per heavy atom. The highest BCUT2D eigenvalue weighted by Crippen LogP contribution is 2.29. The Bertz CT molecular complexity index is 1670. The molecule has 1 N–H and O–H groups in total. The first-order valence-corrected chi connectivity index (χ1v) is 13.6. The number of nitrogens with one attached hydrogen (secondary N) is 1. The number of benzene rings is 3. The third kappa shape index (κ3) is 5.23. The van der Waals surface area contributed by atoms with Crippen LogP contribution in [0.1, 0.15) is 39.7 Å². The van der Waals surface area contributed by atoms with Crippen LogP contribution in [0, 0.1) is 0 Å². The van der Waals surface area contributed by atoms with Gasteiger partial charge in [0.25, 0.3) is 5.91 Å². The summed E-state index contributed by atoms with van der Waals surface area (Å²) >= 11 is 0. The Balaban J connectivity index is 1.17. The first kappa shape index (κ1) is 25.5. The average molecular weight is 530 g/mol. The molecule has 1 aliphatic heterocycles. The molecule has 1 amide bonds. The topological polar surface area (TPSA) is 80.2 Å². The molecular formula is C33H31N5O2. The van der Waals surface area contributed by atoms with E-state index in [1.165, 1.54) is 5.56 Å². The predicted octanol–water partition coefficient (Wildman–Crippen LogP) is 6.07. The van der Waals surface area contributed by atoms with Crippen molar-refractivity contribution < 1.29 is 9.53 Å². The van der Waals surface area contributed by atoms with Crippen LogP contribution in [0.2, 0.25) is 0 Å². The van der Waals surface area contributed by atoms with Gasteiger partial charge in [0.05, 0.1) is 17.8 Å². The van der Waals surface area contributed by atoms with Crippen molar-refractivity contribution in [3.8, 4) is 17.1 Å². The van der Waals surface area contributed by atoms with E-state index >= 15 is 0 Å². The van der Waals surface area contributed by atoms with E-state index in [0.29, 0.717) is 37.5 Å². The van der Waals surface area contributed by atoms with E-state index in [4.69, 9.17) is 14.7 Å². The number of nitrogens with zero attached hydrogens (tertiary/aromatic N) is 4. The second-order valence-electron chi connectivity index (χ2n) is 9.95. The molecule has 0 atom stereocenters. The van der Waals surface area contributed by atoms with Gasteiger partial charge in [-0.2, -0.15) is 0 Å². The molecule has 0 spiro atoms. The van der Waals surface area contributed by atoms with Gasteiger partial charge in [-0.1, -0.05) is 49.4 Å². The lowest BCUT2D eigenvalue weighted by molar-refractivity contribution is 0.0732. The smallest absolute Gasteiger partial charge is 0.254 e. The normalized spacial score (nSPS) is 12.7. The van der Waals surface area contributed by atoms with Crippen molar-refractivity contribution in [3.63, 3.8) is 0 Å². The van der Waals surface area contributed by atoms with Gasteiger partial charge in [-0.3, -0.25) is 9.78 Å². The van der Waals surface area contributed by atoms with Gasteiger partial charge in [0.15, 0.2) is 5.82 Å².